The van der Waals surface area contributed by atoms with Crippen molar-refractivity contribution < 1.29 is 14.9 Å². The second kappa shape index (κ2) is 9.27. The lowest BCUT2D eigenvalue weighted by Crippen LogP contribution is -2.54. The van der Waals surface area contributed by atoms with Gasteiger partial charge in [0.15, 0.2) is 0 Å². The average molecular weight is 430 g/mol. The van der Waals surface area contributed by atoms with Crippen molar-refractivity contribution in [2.45, 2.75) is 25.3 Å². The van der Waals surface area contributed by atoms with Crippen LogP contribution < -0.4 is 15.0 Å². The Hall–Kier alpha value is -2.25. The summed E-state index contributed by atoms with van der Waals surface area (Å²) in [5.41, 5.74) is 3.00. The first-order valence-electron chi connectivity index (χ1n) is 10.3. The quantitative estimate of drug-likeness (QED) is 0.655. The van der Waals surface area contributed by atoms with Gasteiger partial charge in [-0.15, -0.1) is 0 Å². The number of nitrogens with zero attached hydrogens (tertiary/aromatic N) is 2. The van der Waals surface area contributed by atoms with Gasteiger partial charge in [0.1, 0.15) is 24.7 Å². The van der Waals surface area contributed by atoms with Gasteiger partial charge >= 0.3 is 0 Å². The van der Waals surface area contributed by atoms with E-state index in [0.717, 1.165) is 35.9 Å². The molecule has 30 heavy (non-hydrogen) atoms. The topological polar surface area (TPSA) is 68.2 Å². The highest BCUT2D eigenvalue weighted by Gasteiger charge is 2.25. The van der Waals surface area contributed by atoms with Crippen molar-refractivity contribution in [2.24, 2.45) is 0 Å². The van der Waals surface area contributed by atoms with Crippen LogP contribution in [-0.4, -0.2) is 66.3 Å². The number of benzene rings is 2. The molecule has 6 nitrogen and oxygen atoms in total. The molecule has 0 bridgehead atoms. The van der Waals surface area contributed by atoms with E-state index in [1.54, 1.807) is 6.08 Å². The van der Waals surface area contributed by atoms with Crippen LogP contribution in [-0.2, 0) is 0 Å². The molecule has 0 radical (unpaired) electrons. The standard InChI is InChI=1S/C23H28ClN3O3/c1-16-13-27(19-5-3-18(24)4-6-19)11-10-26(16)14-20(28)15-30-21-7-8-22-17(12-21)2-9-23(29)25-22/h2-9,12,16,20,23,25,28-29H,10-11,13-15H2,1H3/t16-,20-,23?/m0/s1. The number of rotatable bonds is 6. The number of fused-ring (bicyclic) bond motifs is 1. The number of anilines is 2. The highest BCUT2D eigenvalue weighted by Crippen LogP contribution is 2.27. The molecule has 2 aliphatic rings. The van der Waals surface area contributed by atoms with Gasteiger partial charge in [-0.1, -0.05) is 17.7 Å². The zero-order valence-corrected chi connectivity index (χ0v) is 17.8. The van der Waals surface area contributed by atoms with Crippen molar-refractivity contribution in [3.05, 3.63) is 59.1 Å². The van der Waals surface area contributed by atoms with Crippen molar-refractivity contribution in [2.75, 3.05) is 43.0 Å². The Kier molecular flexibility index (Phi) is 6.49. The molecule has 1 saturated heterocycles. The Balaban J connectivity index is 1.26. The molecule has 0 amide bonds. The number of hydrogen-bond acceptors (Lipinski definition) is 6. The maximum Gasteiger partial charge on any atom is 0.144 e. The van der Waals surface area contributed by atoms with Crippen LogP contribution in [0, 0.1) is 0 Å². The molecule has 0 saturated carbocycles. The van der Waals surface area contributed by atoms with E-state index in [4.69, 9.17) is 16.3 Å². The molecule has 160 valence electrons. The predicted molar refractivity (Wildman–Crippen MR) is 121 cm³/mol. The summed E-state index contributed by atoms with van der Waals surface area (Å²) in [6.07, 6.45) is 2.32. The number of halogens is 1. The summed E-state index contributed by atoms with van der Waals surface area (Å²) in [4.78, 5) is 4.66. The second-order valence-electron chi connectivity index (χ2n) is 7.93. The molecule has 0 aromatic heterocycles. The van der Waals surface area contributed by atoms with E-state index < -0.39 is 12.3 Å². The molecule has 1 unspecified atom stereocenters. The van der Waals surface area contributed by atoms with Crippen molar-refractivity contribution in [3.63, 3.8) is 0 Å². The summed E-state index contributed by atoms with van der Waals surface area (Å²) in [5, 5.41) is 23.8. The molecule has 2 aromatic carbocycles. The Morgan fingerprint density at radius 2 is 2.00 bits per heavy atom. The molecule has 3 N–H and O–H groups in total. The summed E-state index contributed by atoms with van der Waals surface area (Å²) in [7, 11) is 0. The van der Waals surface area contributed by atoms with Gasteiger partial charge < -0.3 is 25.2 Å². The van der Waals surface area contributed by atoms with E-state index in [2.05, 4.69) is 34.2 Å². The lowest BCUT2D eigenvalue weighted by molar-refractivity contribution is 0.0512. The van der Waals surface area contributed by atoms with Crippen LogP contribution in [0.1, 0.15) is 12.5 Å². The van der Waals surface area contributed by atoms with Gasteiger partial charge in [-0.05, 0) is 55.5 Å². The first-order chi connectivity index (χ1) is 14.5. The highest BCUT2D eigenvalue weighted by atomic mass is 35.5. The zero-order chi connectivity index (χ0) is 21.1. The van der Waals surface area contributed by atoms with Gasteiger partial charge in [0.2, 0.25) is 0 Å². The fourth-order valence-corrected chi connectivity index (χ4v) is 4.10. The zero-order valence-electron chi connectivity index (χ0n) is 17.0. The van der Waals surface area contributed by atoms with Crippen LogP contribution in [0.3, 0.4) is 0 Å². The minimum absolute atomic E-state index is 0.239. The Labute approximate surface area is 182 Å². The number of nitrogens with one attached hydrogen (secondary N) is 1. The van der Waals surface area contributed by atoms with Crippen LogP contribution in [0.25, 0.3) is 6.08 Å². The van der Waals surface area contributed by atoms with Gasteiger partial charge in [0.05, 0.1) is 0 Å². The number of aliphatic hydroxyl groups excluding tert-OH is 2. The van der Waals surface area contributed by atoms with Gasteiger partial charge in [-0.25, -0.2) is 0 Å². The van der Waals surface area contributed by atoms with Crippen molar-refractivity contribution in [3.8, 4) is 5.75 Å². The lowest BCUT2D eigenvalue weighted by atomic mass is 10.1. The largest absolute Gasteiger partial charge is 0.491 e. The third kappa shape index (κ3) is 5.08. The van der Waals surface area contributed by atoms with Crippen molar-refractivity contribution >= 4 is 29.1 Å². The Bertz CT molecular complexity index is 890. The first kappa shape index (κ1) is 21.0. The van der Waals surface area contributed by atoms with Crippen molar-refractivity contribution in [1.29, 1.82) is 0 Å². The van der Waals surface area contributed by atoms with Crippen LogP contribution >= 0.6 is 11.6 Å². The monoisotopic (exact) mass is 429 g/mol. The summed E-state index contributed by atoms with van der Waals surface area (Å²) < 4.78 is 5.82. The van der Waals surface area contributed by atoms with E-state index in [1.165, 1.54) is 5.69 Å². The van der Waals surface area contributed by atoms with Crippen LogP contribution in [0.15, 0.2) is 48.5 Å². The maximum atomic E-state index is 10.5. The molecule has 1 fully saturated rings. The fourth-order valence-electron chi connectivity index (χ4n) is 3.97. The van der Waals surface area contributed by atoms with E-state index >= 15 is 0 Å². The highest BCUT2D eigenvalue weighted by molar-refractivity contribution is 6.30. The molecule has 2 aliphatic heterocycles. The summed E-state index contributed by atoms with van der Waals surface area (Å²) >= 11 is 5.99. The van der Waals surface area contributed by atoms with Crippen LogP contribution in [0.2, 0.25) is 5.02 Å². The fraction of sp³-hybridized carbons (Fsp3) is 0.391. The minimum atomic E-state index is -0.659. The molecule has 7 heteroatoms. The first-order valence-corrected chi connectivity index (χ1v) is 10.7. The third-order valence-corrected chi connectivity index (χ3v) is 5.88. The number of ether oxygens (including phenoxy) is 1. The van der Waals surface area contributed by atoms with E-state index in [-0.39, 0.29) is 6.61 Å². The SMILES string of the molecule is C[C@H]1CN(c2ccc(Cl)cc2)CCN1C[C@H](O)COc1ccc2c(c1)C=CC(O)N2. The van der Waals surface area contributed by atoms with Gasteiger partial charge in [-0.2, -0.15) is 0 Å². The second-order valence-corrected chi connectivity index (χ2v) is 8.37. The number of β-amino-alcohol motifs (C(OH)–C–C–N with tert-alkyl or cyclic N) is 1. The summed E-state index contributed by atoms with van der Waals surface area (Å²) in [6.45, 7) is 5.71. The molecule has 0 spiro atoms. The minimum Gasteiger partial charge on any atom is -0.491 e. The van der Waals surface area contributed by atoms with Gasteiger partial charge in [0, 0.05) is 54.2 Å². The maximum absolute atomic E-state index is 10.5. The molecule has 2 aromatic rings. The number of piperazine rings is 1. The normalized spacial score (nSPS) is 22.3. The average Bonchev–Trinajstić information content (AvgIpc) is 2.74. The van der Waals surface area contributed by atoms with E-state index in [9.17, 15) is 10.2 Å². The smallest absolute Gasteiger partial charge is 0.144 e. The molecule has 2 heterocycles. The molecular formula is C23H28ClN3O3. The number of hydrogen-bond donors (Lipinski definition) is 3. The summed E-state index contributed by atoms with van der Waals surface area (Å²) in [6, 6.07) is 13.9. The predicted octanol–water partition coefficient (Wildman–Crippen LogP) is 3.05. The van der Waals surface area contributed by atoms with E-state index in [0.29, 0.717) is 18.3 Å². The lowest BCUT2D eigenvalue weighted by Gasteiger charge is -2.41. The Morgan fingerprint density at radius 3 is 2.77 bits per heavy atom. The number of aliphatic hydroxyl groups is 2. The van der Waals surface area contributed by atoms with Gasteiger partial charge in [-0.3, -0.25) is 4.90 Å². The van der Waals surface area contributed by atoms with Crippen LogP contribution in [0.5, 0.6) is 5.75 Å². The third-order valence-electron chi connectivity index (χ3n) is 5.63. The molecule has 4 rings (SSSR count). The van der Waals surface area contributed by atoms with Crippen LogP contribution in [0.4, 0.5) is 11.4 Å². The van der Waals surface area contributed by atoms with Crippen molar-refractivity contribution in [1.82, 2.24) is 4.90 Å². The van der Waals surface area contributed by atoms with Gasteiger partial charge in [0.25, 0.3) is 0 Å². The molecule has 0 aliphatic carbocycles. The Morgan fingerprint density at radius 1 is 1.20 bits per heavy atom. The summed E-state index contributed by atoms with van der Waals surface area (Å²) in [5.74, 6) is 0.705. The van der Waals surface area contributed by atoms with E-state index in [1.807, 2.05) is 36.4 Å². The molecule has 3 atom stereocenters. The molecular weight excluding hydrogens is 402 g/mol.